The molecule has 0 saturated carbocycles. The molecular weight excluding hydrogens is 243 g/mol. The zero-order valence-electron chi connectivity index (χ0n) is 8.57. The lowest BCUT2D eigenvalue weighted by Crippen LogP contribution is -2.19. The number of hydrogen-bond donors (Lipinski definition) is 1. The summed E-state index contributed by atoms with van der Waals surface area (Å²) in [5, 5.41) is 3.39. The predicted octanol–water partition coefficient (Wildman–Crippen LogP) is 3.60. The molecule has 1 N–H and O–H groups in total. The number of alkyl halides is 3. The van der Waals surface area contributed by atoms with Crippen LogP contribution in [-0.2, 0) is 4.74 Å². The third-order valence-electron chi connectivity index (χ3n) is 1.95. The Hall–Kier alpha value is -0.940. The molecule has 0 radical (unpaired) electrons. The van der Waals surface area contributed by atoms with E-state index in [2.05, 4.69) is 10.1 Å². The fourth-order valence-electron chi connectivity index (χ4n) is 1.15. The zero-order valence-corrected chi connectivity index (χ0v) is 9.32. The Morgan fingerprint density at radius 1 is 1.38 bits per heavy atom. The fourth-order valence-corrected chi connectivity index (χ4v) is 1.33. The Morgan fingerprint density at radius 2 is 2.06 bits per heavy atom. The minimum atomic E-state index is -4.58. The number of ether oxygens (including phenoxy) is 1. The molecule has 0 heterocycles. The van der Waals surface area contributed by atoms with Crippen LogP contribution in [0.3, 0.4) is 0 Å². The molecule has 0 atom stereocenters. The molecule has 0 saturated heterocycles. The van der Waals surface area contributed by atoms with Crippen molar-refractivity contribution in [1.82, 2.24) is 0 Å². The van der Waals surface area contributed by atoms with Gasteiger partial charge in [0.1, 0.15) is 0 Å². The van der Waals surface area contributed by atoms with E-state index in [0.717, 1.165) is 5.56 Å². The molecule has 0 unspecified atom stereocenters. The predicted molar refractivity (Wildman–Crippen MR) is 56.7 cm³/mol. The fraction of sp³-hybridized carbons (Fsp3) is 0.400. The summed E-state index contributed by atoms with van der Waals surface area (Å²) in [7, 11) is 0. The van der Waals surface area contributed by atoms with E-state index in [1.165, 1.54) is 0 Å². The van der Waals surface area contributed by atoms with Crippen LogP contribution in [0.4, 0.5) is 18.9 Å². The number of rotatable bonds is 4. The smallest absolute Gasteiger partial charge is 0.382 e. The Bertz CT molecular complexity index is 354. The van der Waals surface area contributed by atoms with Gasteiger partial charge in [-0.05, 0) is 24.6 Å². The molecule has 6 heteroatoms. The van der Waals surface area contributed by atoms with Gasteiger partial charge in [-0.3, -0.25) is 4.74 Å². The third-order valence-corrected chi connectivity index (χ3v) is 2.36. The van der Waals surface area contributed by atoms with Gasteiger partial charge in [0.15, 0.2) is 0 Å². The summed E-state index contributed by atoms with van der Waals surface area (Å²) >= 11 is 5.85. The molecule has 0 spiro atoms. The Kier molecular flexibility index (Phi) is 4.44. The van der Waals surface area contributed by atoms with Gasteiger partial charge in [-0.15, -0.1) is 13.2 Å². The summed E-state index contributed by atoms with van der Waals surface area (Å²) < 4.78 is 38.6. The van der Waals surface area contributed by atoms with Gasteiger partial charge in [0, 0.05) is 17.3 Å². The molecule has 0 bridgehead atoms. The van der Waals surface area contributed by atoms with Crippen molar-refractivity contribution in [2.45, 2.75) is 13.3 Å². The lowest BCUT2D eigenvalue weighted by atomic mass is 10.2. The topological polar surface area (TPSA) is 21.3 Å². The lowest BCUT2D eigenvalue weighted by Gasteiger charge is -2.11. The highest BCUT2D eigenvalue weighted by atomic mass is 35.5. The quantitative estimate of drug-likeness (QED) is 0.828. The van der Waals surface area contributed by atoms with Crippen molar-refractivity contribution in [3.8, 4) is 0 Å². The van der Waals surface area contributed by atoms with E-state index >= 15 is 0 Å². The van der Waals surface area contributed by atoms with Crippen LogP contribution in [-0.4, -0.2) is 19.5 Å². The SMILES string of the molecule is Cc1c(Cl)cccc1NCCOC(F)(F)F. The van der Waals surface area contributed by atoms with Crippen molar-refractivity contribution in [3.05, 3.63) is 28.8 Å². The van der Waals surface area contributed by atoms with Gasteiger partial charge < -0.3 is 5.32 Å². The average molecular weight is 254 g/mol. The summed E-state index contributed by atoms with van der Waals surface area (Å²) in [6.07, 6.45) is -4.58. The highest BCUT2D eigenvalue weighted by Crippen LogP contribution is 2.22. The highest BCUT2D eigenvalue weighted by molar-refractivity contribution is 6.31. The van der Waals surface area contributed by atoms with Crippen molar-refractivity contribution in [2.24, 2.45) is 0 Å². The minimum Gasteiger partial charge on any atom is -0.382 e. The first-order valence-corrected chi connectivity index (χ1v) is 4.97. The van der Waals surface area contributed by atoms with Gasteiger partial charge in [-0.1, -0.05) is 17.7 Å². The average Bonchev–Trinajstić information content (AvgIpc) is 2.17. The highest BCUT2D eigenvalue weighted by Gasteiger charge is 2.28. The Morgan fingerprint density at radius 3 is 2.69 bits per heavy atom. The maximum atomic E-state index is 11.7. The zero-order chi connectivity index (χ0) is 12.2. The van der Waals surface area contributed by atoms with Crippen molar-refractivity contribution in [2.75, 3.05) is 18.5 Å². The maximum Gasteiger partial charge on any atom is 0.522 e. The van der Waals surface area contributed by atoms with E-state index in [4.69, 9.17) is 11.6 Å². The van der Waals surface area contributed by atoms with Gasteiger partial charge in [0.2, 0.25) is 0 Å². The van der Waals surface area contributed by atoms with Crippen molar-refractivity contribution in [3.63, 3.8) is 0 Å². The van der Waals surface area contributed by atoms with E-state index in [-0.39, 0.29) is 6.54 Å². The number of anilines is 1. The summed E-state index contributed by atoms with van der Waals surface area (Å²) in [6, 6.07) is 5.19. The third kappa shape index (κ3) is 4.28. The second-order valence-electron chi connectivity index (χ2n) is 3.13. The molecule has 16 heavy (non-hydrogen) atoms. The molecule has 0 fully saturated rings. The van der Waals surface area contributed by atoms with Crippen LogP contribution in [0.2, 0.25) is 5.02 Å². The number of halogens is 4. The molecule has 1 rings (SSSR count). The Labute approximate surface area is 96.4 Å². The van der Waals surface area contributed by atoms with Crippen LogP contribution in [0.5, 0.6) is 0 Å². The molecule has 90 valence electrons. The molecule has 0 aromatic heterocycles. The van der Waals surface area contributed by atoms with Gasteiger partial charge in [0.25, 0.3) is 0 Å². The van der Waals surface area contributed by atoms with Crippen LogP contribution in [0.25, 0.3) is 0 Å². The first-order valence-electron chi connectivity index (χ1n) is 4.60. The first-order chi connectivity index (χ1) is 7.40. The molecule has 0 aliphatic carbocycles. The van der Waals surface area contributed by atoms with E-state index in [1.807, 2.05) is 0 Å². The summed E-state index contributed by atoms with van der Waals surface area (Å²) in [6.45, 7) is 1.42. The minimum absolute atomic E-state index is 0.0701. The van der Waals surface area contributed by atoms with Crippen LogP contribution in [0.1, 0.15) is 5.56 Å². The standard InChI is InChI=1S/C10H11ClF3NO/c1-7-8(11)3-2-4-9(7)15-5-6-16-10(12,13)14/h2-4,15H,5-6H2,1H3. The summed E-state index contributed by atoms with van der Waals surface area (Å²) in [5.74, 6) is 0. The maximum absolute atomic E-state index is 11.7. The van der Waals surface area contributed by atoms with Gasteiger partial charge in [-0.2, -0.15) is 0 Å². The second-order valence-corrected chi connectivity index (χ2v) is 3.54. The van der Waals surface area contributed by atoms with Crippen molar-refractivity contribution < 1.29 is 17.9 Å². The van der Waals surface area contributed by atoms with E-state index in [0.29, 0.717) is 10.7 Å². The normalized spacial score (nSPS) is 11.6. The molecule has 0 aliphatic heterocycles. The van der Waals surface area contributed by atoms with E-state index < -0.39 is 13.0 Å². The molecule has 0 amide bonds. The van der Waals surface area contributed by atoms with Crippen LogP contribution >= 0.6 is 11.6 Å². The van der Waals surface area contributed by atoms with E-state index in [9.17, 15) is 13.2 Å². The van der Waals surface area contributed by atoms with Crippen molar-refractivity contribution >= 4 is 17.3 Å². The first kappa shape index (κ1) is 13.1. The van der Waals surface area contributed by atoms with Crippen LogP contribution in [0, 0.1) is 6.92 Å². The molecule has 1 aromatic rings. The van der Waals surface area contributed by atoms with E-state index in [1.54, 1.807) is 25.1 Å². The van der Waals surface area contributed by atoms with Crippen LogP contribution < -0.4 is 5.32 Å². The molecular formula is C10H11ClF3NO. The van der Waals surface area contributed by atoms with Gasteiger partial charge in [-0.25, -0.2) is 0 Å². The number of nitrogens with one attached hydrogen (secondary N) is 1. The monoisotopic (exact) mass is 253 g/mol. The summed E-state index contributed by atoms with van der Waals surface area (Å²) in [4.78, 5) is 0. The number of benzene rings is 1. The van der Waals surface area contributed by atoms with Gasteiger partial charge >= 0.3 is 6.36 Å². The number of hydrogen-bond acceptors (Lipinski definition) is 2. The molecule has 0 aliphatic rings. The van der Waals surface area contributed by atoms with Crippen molar-refractivity contribution in [1.29, 1.82) is 0 Å². The van der Waals surface area contributed by atoms with Gasteiger partial charge in [0.05, 0.1) is 6.61 Å². The Balaban J connectivity index is 2.41. The summed E-state index contributed by atoms with van der Waals surface area (Å²) in [5.41, 5.74) is 1.51. The lowest BCUT2D eigenvalue weighted by molar-refractivity contribution is -0.322. The van der Waals surface area contributed by atoms with Crippen LogP contribution in [0.15, 0.2) is 18.2 Å². The molecule has 1 aromatic carbocycles. The largest absolute Gasteiger partial charge is 0.522 e. The second kappa shape index (κ2) is 5.41. The molecule has 2 nitrogen and oxygen atoms in total.